The number of anilines is 1. The number of hydrogen-bond donors (Lipinski definition) is 2. The molecule has 4 nitrogen and oxygen atoms in total. The molecule has 26 heavy (non-hydrogen) atoms. The van der Waals surface area contributed by atoms with Gasteiger partial charge in [-0.2, -0.15) is 0 Å². The van der Waals surface area contributed by atoms with E-state index in [0.717, 1.165) is 47.5 Å². The Hall–Kier alpha value is -2.36. The Balaban J connectivity index is 1.96. The van der Waals surface area contributed by atoms with E-state index in [9.17, 15) is 9.59 Å². The van der Waals surface area contributed by atoms with Gasteiger partial charge in [-0.1, -0.05) is 32.0 Å². The van der Waals surface area contributed by atoms with Gasteiger partial charge in [0.05, 0.1) is 0 Å². The van der Waals surface area contributed by atoms with E-state index in [1.54, 1.807) is 0 Å². The molecule has 1 aliphatic carbocycles. The summed E-state index contributed by atoms with van der Waals surface area (Å²) in [4.78, 5) is 25.8. The summed E-state index contributed by atoms with van der Waals surface area (Å²) >= 11 is 0. The summed E-state index contributed by atoms with van der Waals surface area (Å²) in [7, 11) is 0. The summed E-state index contributed by atoms with van der Waals surface area (Å²) in [6.45, 7) is 8.21. The largest absolute Gasteiger partial charge is 0.362 e. The molecule has 138 valence electrons. The van der Waals surface area contributed by atoms with Gasteiger partial charge < -0.3 is 10.6 Å². The molecule has 1 aliphatic heterocycles. The Bertz CT molecular complexity index is 802. The Morgan fingerprint density at radius 2 is 1.96 bits per heavy atom. The van der Waals surface area contributed by atoms with Crippen LogP contribution in [0.3, 0.4) is 0 Å². The highest BCUT2D eigenvalue weighted by atomic mass is 16.2. The number of ketones is 1. The Morgan fingerprint density at radius 3 is 2.65 bits per heavy atom. The molecule has 0 saturated carbocycles. The minimum absolute atomic E-state index is 0.111. The second-order valence-corrected chi connectivity index (χ2v) is 7.78. The van der Waals surface area contributed by atoms with Crippen molar-refractivity contribution in [1.29, 1.82) is 0 Å². The van der Waals surface area contributed by atoms with E-state index in [2.05, 4.69) is 24.5 Å². The molecule has 0 fully saturated rings. The molecule has 4 heteroatoms. The number of hydrogen-bond acceptors (Lipinski definition) is 3. The number of carbonyl (C=O) groups excluding carboxylic acids is 2. The van der Waals surface area contributed by atoms with Crippen LogP contribution in [0.15, 0.2) is 46.8 Å². The number of rotatable bonds is 4. The summed E-state index contributed by atoms with van der Waals surface area (Å²) in [6.07, 6.45) is 3.16. The van der Waals surface area contributed by atoms with Crippen LogP contribution in [-0.4, -0.2) is 11.7 Å². The van der Waals surface area contributed by atoms with E-state index in [1.807, 2.05) is 38.1 Å². The van der Waals surface area contributed by atoms with Crippen molar-refractivity contribution in [2.75, 3.05) is 5.32 Å². The van der Waals surface area contributed by atoms with Crippen LogP contribution in [0.2, 0.25) is 0 Å². The molecule has 0 bridgehead atoms. The lowest BCUT2D eigenvalue weighted by Gasteiger charge is -2.35. The third kappa shape index (κ3) is 3.59. The number of amides is 1. The predicted octanol–water partition coefficient (Wildman–Crippen LogP) is 4.48. The Labute approximate surface area is 155 Å². The minimum atomic E-state index is -0.122. The highest BCUT2D eigenvalue weighted by Crippen LogP contribution is 2.39. The zero-order valence-corrected chi connectivity index (χ0v) is 16.1. The van der Waals surface area contributed by atoms with Crippen LogP contribution in [0.1, 0.15) is 52.0 Å². The van der Waals surface area contributed by atoms with E-state index in [4.69, 9.17) is 0 Å². The quantitative estimate of drug-likeness (QED) is 0.840. The van der Waals surface area contributed by atoms with Gasteiger partial charge in [0.25, 0.3) is 5.91 Å². The van der Waals surface area contributed by atoms with Crippen molar-refractivity contribution in [3.8, 4) is 0 Å². The third-order valence-corrected chi connectivity index (χ3v) is 5.24. The fourth-order valence-corrected chi connectivity index (χ4v) is 4.04. The van der Waals surface area contributed by atoms with Crippen LogP contribution in [0.25, 0.3) is 0 Å². The van der Waals surface area contributed by atoms with Gasteiger partial charge in [-0.3, -0.25) is 9.59 Å². The van der Waals surface area contributed by atoms with Crippen molar-refractivity contribution in [1.82, 2.24) is 5.32 Å². The summed E-state index contributed by atoms with van der Waals surface area (Å²) < 4.78 is 0. The fraction of sp³-hybridized carbons (Fsp3) is 0.455. The topological polar surface area (TPSA) is 58.2 Å². The van der Waals surface area contributed by atoms with E-state index in [-0.39, 0.29) is 17.6 Å². The zero-order chi connectivity index (χ0) is 18.8. The highest BCUT2D eigenvalue weighted by molar-refractivity contribution is 6.08. The number of nitrogens with one attached hydrogen (secondary N) is 2. The molecule has 1 unspecified atom stereocenters. The molecule has 3 rings (SSSR count). The van der Waals surface area contributed by atoms with Crippen molar-refractivity contribution in [3.63, 3.8) is 0 Å². The lowest BCUT2D eigenvalue weighted by molar-refractivity contribution is -0.116. The SMILES string of the molecule is CC1=C(C(=O)Nc2ccccc2C)C(CC(C)C)C2=C(CCCC2=O)N1. The Morgan fingerprint density at radius 1 is 1.23 bits per heavy atom. The van der Waals surface area contributed by atoms with Gasteiger partial charge in [-0.15, -0.1) is 0 Å². The monoisotopic (exact) mass is 352 g/mol. The van der Waals surface area contributed by atoms with Crippen LogP contribution >= 0.6 is 0 Å². The maximum Gasteiger partial charge on any atom is 0.253 e. The second kappa shape index (κ2) is 7.48. The summed E-state index contributed by atoms with van der Waals surface area (Å²) in [5.41, 5.74) is 5.28. The standard InChI is InChI=1S/C22H28N2O2/c1-13(2)12-16-20(22(26)24-17-9-6-5-8-14(17)3)15(4)23-18-10-7-11-19(25)21(16)18/h5-6,8-9,13,16,23H,7,10-12H2,1-4H3,(H,24,26). The first kappa shape index (κ1) is 18.4. The number of para-hydroxylation sites is 1. The summed E-state index contributed by atoms with van der Waals surface area (Å²) in [5.74, 6) is 0.358. The minimum Gasteiger partial charge on any atom is -0.362 e. The first-order valence-corrected chi connectivity index (χ1v) is 9.49. The van der Waals surface area contributed by atoms with Crippen molar-refractivity contribution in [2.45, 2.75) is 53.4 Å². The predicted molar refractivity (Wildman–Crippen MR) is 104 cm³/mol. The maximum absolute atomic E-state index is 13.2. The molecule has 1 heterocycles. The first-order chi connectivity index (χ1) is 12.4. The number of aryl methyl sites for hydroxylation is 1. The number of benzene rings is 1. The first-order valence-electron chi connectivity index (χ1n) is 9.49. The summed E-state index contributed by atoms with van der Waals surface area (Å²) in [5, 5.41) is 6.41. The van der Waals surface area contributed by atoms with E-state index in [1.165, 1.54) is 0 Å². The molecular formula is C22H28N2O2. The smallest absolute Gasteiger partial charge is 0.253 e. The van der Waals surface area contributed by atoms with Gasteiger partial charge in [0.2, 0.25) is 0 Å². The molecule has 0 aromatic heterocycles. The molecule has 2 N–H and O–H groups in total. The lowest BCUT2D eigenvalue weighted by atomic mass is 9.75. The van der Waals surface area contributed by atoms with Gasteiger partial charge in [0, 0.05) is 40.6 Å². The van der Waals surface area contributed by atoms with E-state index < -0.39 is 0 Å². The van der Waals surface area contributed by atoms with Crippen LogP contribution in [0, 0.1) is 18.8 Å². The van der Waals surface area contributed by atoms with Crippen molar-refractivity contribution in [2.24, 2.45) is 11.8 Å². The van der Waals surface area contributed by atoms with Gasteiger partial charge >= 0.3 is 0 Å². The highest BCUT2D eigenvalue weighted by Gasteiger charge is 2.37. The normalized spacial score (nSPS) is 20.2. The van der Waals surface area contributed by atoms with Gasteiger partial charge in [0.1, 0.15) is 0 Å². The molecule has 1 amide bonds. The Kier molecular flexibility index (Phi) is 5.30. The van der Waals surface area contributed by atoms with Crippen LogP contribution in [0.5, 0.6) is 0 Å². The maximum atomic E-state index is 13.2. The summed E-state index contributed by atoms with van der Waals surface area (Å²) in [6, 6.07) is 7.76. The molecule has 1 atom stereocenters. The molecule has 2 aliphatic rings. The molecule has 1 aromatic rings. The third-order valence-electron chi connectivity index (χ3n) is 5.24. The average molecular weight is 352 g/mol. The average Bonchev–Trinajstić information content (AvgIpc) is 2.56. The van der Waals surface area contributed by atoms with Crippen LogP contribution in [-0.2, 0) is 9.59 Å². The number of Topliss-reactive ketones (excluding diaryl/α,β-unsaturated/α-hetero) is 1. The van der Waals surface area contributed by atoms with Crippen LogP contribution < -0.4 is 10.6 Å². The molecular weight excluding hydrogens is 324 g/mol. The van der Waals surface area contributed by atoms with Gasteiger partial charge in [-0.05, 0) is 50.7 Å². The zero-order valence-electron chi connectivity index (χ0n) is 16.1. The van der Waals surface area contributed by atoms with Crippen LogP contribution in [0.4, 0.5) is 5.69 Å². The number of dihydropyridines is 1. The van der Waals surface area contributed by atoms with E-state index in [0.29, 0.717) is 17.9 Å². The molecule has 0 saturated heterocycles. The number of allylic oxidation sites excluding steroid dienone is 3. The van der Waals surface area contributed by atoms with Gasteiger partial charge in [-0.25, -0.2) is 0 Å². The number of carbonyl (C=O) groups is 2. The molecule has 0 radical (unpaired) electrons. The van der Waals surface area contributed by atoms with Crippen molar-refractivity contribution >= 4 is 17.4 Å². The second-order valence-electron chi connectivity index (χ2n) is 7.78. The van der Waals surface area contributed by atoms with Crippen molar-refractivity contribution < 1.29 is 9.59 Å². The fourth-order valence-electron chi connectivity index (χ4n) is 4.04. The molecule has 1 aromatic carbocycles. The molecule has 0 spiro atoms. The van der Waals surface area contributed by atoms with E-state index >= 15 is 0 Å². The van der Waals surface area contributed by atoms with Crippen molar-refractivity contribution in [3.05, 3.63) is 52.4 Å². The lowest BCUT2D eigenvalue weighted by Crippen LogP contribution is -2.37. The van der Waals surface area contributed by atoms with Gasteiger partial charge in [0.15, 0.2) is 5.78 Å².